The summed E-state index contributed by atoms with van der Waals surface area (Å²) in [6, 6.07) is 14.8. The molecule has 6 heteroatoms. The molecule has 0 radical (unpaired) electrons. The molecule has 3 aromatic rings. The van der Waals surface area contributed by atoms with Crippen LogP contribution in [-0.4, -0.2) is 20.9 Å². The average Bonchev–Trinajstić information content (AvgIpc) is 3.17. The van der Waals surface area contributed by atoms with Crippen LogP contribution in [-0.2, 0) is 0 Å². The predicted molar refractivity (Wildman–Crippen MR) is 120 cm³/mol. The molecule has 0 spiro atoms. The predicted octanol–water partition coefficient (Wildman–Crippen LogP) is 7.31. The summed E-state index contributed by atoms with van der Waals surface area (Å²) < 4.78 is 0. The molecule has 152 valence electrons. The molecule has 0 N–H and O–H groups in total. The van der Waals surface area contributed by atoms with Gasteiger partial charge in [-0.2, -0.15) is 0 Å². The molecule has 0 fully saturated rings. The Hall–Kier alpha value is -2.17. The first-order valence-electron chi connectivity index (χ1n) is 10.1. The van der Waals surface area contributed by atoms with Crippen molar-refractivity contribution in [2.75, 3.05) is 0 Å². The zero-order valence-corrected chi connectivity index (χ0v) is 18.1. The lowest BCUT2D eigenvalue weighted by molar-refractivity contribution is 0.0864. The van der Waals surface area contributed by atoms with Crippen molar-refractivity contribution < 1.29 is 4.79 Å². The van der Waals surface area contributed by atoms with Gasteiger partial charge in [0.25, 0.3) is 5.91 Å². The minimum atomic E-state index is -0.0871. The molecule has 0 aliphatic carbocycles. The molecule has 0 bridgehead atoms. The highest BCUT2D eigenvalue weighted by molar-refractivity contribution is 6.31. The Bertz CT molecular complexity index is 871. The molecule has 0 atom stereocenters. The van der Waals surface area contributed by atoms with E-state index in [1.54, 1.807) is 24.3 Å². The third-order valence-electron chi connectivity index (χ3n) is 4.82. The van der Waals surface area contributed by atoms with Crippen molar-refractivity contribution in [2.24, 2.45) is 0 Å². The fourth-order valence-electron chi connectivity index (χ4n) is 3.18. The number of halogens is 2. The third-order valence-corrected chi connectivity index (χ3v) is 5.32. The summed E-state index contributed by atoms with van der Waals surface area (Å²) in [5, 5.41) is 10.3. The first-order chi connectivity index (χ1) is 14.1. The van der Waals surface area contributed by atoms with E-state index in [2.05, 4.69) is 17.1 Å². The molecule has 0 unspecified atom stereocenters. The van der Waals surface area contributed by atoms with Crippen LogP contribution in [0.4, 0.5) is 0 Å². The van der Waals surface area contributed by atoms with Crippen molar-refractivity contribution in [1.82, 2.24) is 15.0 Å². The van der Waals surface area contributed by atoms with Gasteiger partial charge in [-0.3, -0.25) is 4.79 Å². The molecular formula is C23H25Cl2N3O. The number of hydrogen-bond donors (Lipinski definition) is 0. The van der Waals surface area contributed by atoms with Crippen LogP contribution in [0.3, 0.4) is 0 Å². The maximum atomic E-state index is 12.7. The van der Waals surface area contributed by atoms with Crippen LogP contribution in [0.2, 0.25) is 10.0 Å². The highest BCUT2D eigenvalue weighted by Gasteiger charge is 2.18. The summed E-state index contributed by atoms with van der Waals surface area (Å²) in [5.74, 6) is -0.0871. The van der Waals surface area contributed by atoms with Crippen LogP contribution in [0.1, 0.15) is 56.7 Å². The number of carbonyl (C=O) groups is 1. The summed E-state index contributed by atoms with van der Waals surface area (Å²) in [5.41, 5.74) is 3.02. The van der Waals surface area contributed by atoms with Gasteiger partial charge < -0.3 is 0 Å². The fraction of sp³-hybridized carbons (Fsp3) is 0.348. The Morgan fingerprint density at radius 3 is 1.69 bits per heavy atom. The van der Waals surface area contributed by atoms with Gasteiger partial charge in [0.05, 0.1) is 0 Å². The van der Waals surface area contributed by atoms with Gasteiger partial charge in [0.2, 0.25) is 0 Å². The van der Waals surface area contributed by atoms with Crippen LogP contribution in [0.25, 0.3) is 22.5 Å². The van der Waals surface area contributed by atoms with Crippen molar-refractivity contribution in [3.63, 3.8) is 0 Å². The fourth-order valence-corrected chi connectivity index (χ4v) is 3.43. The summed E-state index contributed by atoms with van der Waals surface area (Å²) in [4.78, 5) is 13.9. The Kier molecular flexibility index (Phi) is 7.84. The minimum Gasteiger partial charge on any atom is -0.271 e. The van der Waals surface area contributed by atoms with Crippen LogP contribution in [0.5, 0.6) is 0 Å². The Morgan fingerprint density at radius 2 is 1.21 bits per heavy atom. The molecule has 3 rings (SSSR count). The third kappa shape index (κ3) is 5.91. The molecule has 4 nitrogen and oxygen atoms in total. The molecule has 1 aromatic heterocycles. The zero-order chi connectivity index (χ0) is 20.6. The number of hydrogen-bond acceptors (Lipinski definition) is 3. The maximum absolute atomic E-state index is 12.7. The molecule has 29 heavy (non-hydrogen) atoms. The lowest BCUT2D eigenvalue weighted by Crippen LogP contribution is -2.14. The number of rotatable bonds is 9. The first-order valence-corrected chi connectivity index (χ1v) is 10.9. The van der Waals surface area contributed by atoms with E-state index in [-0.39, 0.29) is 5.91 Å². The average molecular weight is 430 g/mol. The van der Waals surface area contributed by atoms with E-state index in [4.69, 9.17) is 23.2 Å². The number of nitrogens with zero attached hydrogens (tertiary/aromatic N) is 3. The highest BCUT2D eigenvalue weighted by Crippen LogP contribution is 2.30. The van der Waals surface area contributed by atoms with Crippen molar-refractivity contribution in [3.05, 3.63) is 58.6 Å². The Balaban J connectivity index is 1.81. The van der Waals surface area contributed by atoms with E-state index in [9.17, 15) is 4.79 Å². The molecule has 1 heterocycles. The second-order valence-corrected chi connectivity index (χ2v) is 7.98. The van der Waals surface area contributed by atoms with E-state index in [1.807, 2.05) is 24.3 Å². The molecule has 0 aliphatic heterocycles. The smallest absolute Gasteiger partial charge is 0.264 e. The molecular weight excluding hydrogens is 405 g/mol. The van der Waals surface area contributed by atoms with Crippen molar-refractivity contribution in [1.29, 1.82) is 0 Å². The van der Waals surface area contributed by atoms with Crippen molar-refractivity contribution in [3.8, 4) is 22.5 Å². The quantitative estimate of drug-likeness (QED) is 0.335. The van der Waals surface area contributed by atoms with Crippen molar-refractivity contribution >= 4 is 29.1 Å². The molecule has 0 saturated carbocycles. The van der Waals surface area contributed by atoms with Crippen LogP contribution in [0.15, 0.2) is 48.5 Å². The number of benzene rings is 2. The summed E-state index contributed by atoms with van der Waals surface area (Å²) in [6.45, 7) is 2.20. The van der Waals surface area contributed by atoms with Crippen molar-refractivity contribution in [2.45, 2.75) is 51.9 Å². The van der Waals surface area contributed by atoms with Crippen LogP contribution in [0, 0.1) is 0 Å². The van der Waals surface area contributed by atoms with E-state index in [1.165, 1.54) is 30.5 Å². The van der Waals surface area contributed by atoms with Gasteiger partial charge >= 0.3 is 0 Å². The van der Waals surface area contributed by atoms with E-state index < -0.39 is 0 Å². The SMILES string of the molecule is CCCCCCCCC(=O)n1nc(-c2ccc(Cl)cc2)c(-c2ccc(Cl)cc2)n1. The second kappa shape index (κ2) is 10.6. The number of carbonyl (C=O) groups excluding carboxylic acids is 1. The largest absolute Gasteiger partial charge is 0.271 e. The van der Waals surface area contributed by atoms with Gasteiger partial charge in [0.15, 0.2) is 0 Å². The zero-order valence-electron chi connectivity index (χ0n) is 16.6. The number of unbranched alkanes of at least 4 members (excludes halogenated alkanes) is 5. The van der Waals surface area contributed by atoms with Gasteiger partial charge in [-0.15, -0.1) is 15.0 Å². The van der Waals surface area contributed by atoms with E-state index in [0.717, 1.165) is 24.0 Å². The molecule has 0 saturated heterocycles. The van der Waals surface area contributed by atoms with Gasteiger partial charge in [-0.25, -0.2) is 0 Å². The van der Waals surface area contributed by atoms with Gasteiger partial charge in [0, 0.05) is 27.6 Å². The van der Waals surface area contributed by atoms with Gasteiger partial charge in [-0.1, -0.05) is 86.5 Å². The maximum Gasteiger partial charge on any atom is 0.264 e. The summed E-state index contributed by atoms with van der Waals surface area (Å²) in [6.07, 6.45) is 7.23. The Labute approximate surface area is 181 Å². The highest BCUT2D eigenvalue weighted by atomic mass is 35.5. The molecule has 0 amide bonds. The molecule has 2 aromatic carbocycles. The van der Waals surface area contributed by atoms with Gasteiger partial charge in [0.1, 0.15) is 11.4 Å². The second-order valence-electron chi connectivity index (χ2n) is 7.11. The van der Waals surface area contributed by atoms with E-state index in [0.29, 0.717) is 27.9 Å². The normalized spacial score (nSPS) is 11.0. The van der Waals surface area contributed by atoms with Crippen LogP contribution < -0.4 is 0 Å². The minimum absolute atomic E-state index is 0.0871. The Morgan fingerprint density at radius 1 is 0.759 bits per heavy atom. The summed E-state index contributed by atoms with van der Waals surface area (Å²) in [7, 11) is 0. The first kappa shape index (κ1) is 21.5. The standard InChI is InChI=1S/C23H25Cl2N3O/c1-2-3-4-5-6-7-8-21(29)28-26-22(17-9-13-19(24)14-10-17)23(27-28)18-11-15-20(25)16-12-18/h9-16H,2-8H2,1H3. The monoisotopic (exact) mass is 429 g/mol. The lowest BCUT2D eigenvalue weighted by Gasteiger charge is -2.01. The van der Waals surface area contributed by atoms with Gasteiger partial charge in [-0.05, 0) is 30.7 Å². The molecule has 0 aliphatic rings. The topological polar surface area (TPSA) is 47.8 Å². The lowest BCUT2D eigenvalue weighted by atomic mass is 10.1. The number of aromatic nitrogens is 3. The summed E-state index contributed by atoms with van der Waals surface area (Å²) >= 11 is 12.0. The van der Waals surface area contributed by atoms with Crippen LogP contribution >= 0.6 is 23.2 Å². The van der Waals surface area contributed by atoms with E-state index >= 15 is 0 Å².